The lowest BCUT2D eigenvalue weighted by atomic mass is 10.1. The number of rotatable bonds is 7. The van der Waals surface area contributed by atoms with Crippen LogP contribution in [0.5, 0.6) is 11.5 Å². The molecule has 30 heavy (non-hydrogen) atoms. The largest absolute Gasteiger partial charge is 0.497 e. The SMILES string of the molecule is COc1ccc(OC)c(C(=O)Cn2c(=O)c(C)cn([C@H]3C[C@H](O)[C@@H](CO)O3)c2=O)c1. The zero-order chi connectivity index (χ0) is 22.0. The van der Waals surface area contributed by atoms with Crippen LogP contribution in [0.3, 0.4) is 0 Å². The Labute approximate surface area is 171 Å². The topological polar surface area (TPSA) is 129 Å². The first-order chi connectivity index (χ1) is 14.3. The van der Waals surface area contributed by atoms with Gasteiger partial charge in [0.1, 0.15) is 23.8 Å². The van der Waals surface area contributed by atoms with Crippen molar-refractivity contribution >= 4 is 5.78 Å². The smallest absolute Gasteiger partial charge is 0.333 e. The number of aromatic nitrogens is 2. The quantitative estimate of drug-likeness (QED) is 0.592. The minimum absolute atomic E-state index is 0.0699. The second-order valence-corrected chi connectivity index (χ2v) is 7.00. The summed E-state index contributed by atoms with van der Waals surface area (Å²) in [6.45, 7) is 0.598. The molecule has 162 valence electrons. The first-order valence-corrected chi connectivity index (χ1v) is 9.32. The van der Waals surface area contributed by atoms with Crippen LogP contribution in [-0.4, -0.2) is 58.2 Å². The van der Waals surface area contributed by atoms with Gasteiger partial charge in [-0.2, -0.15) is 0 Å². The van der Waals surface area contributed by atoms with Crippen molar-refractivity contribution in [3.05, 3.63) is 56.4 Å². The predicted octanol–water partition coefficient (Wildman–Crippen LogP) is -0.141. The summed E-state index contributed by atoms with van der Waals surface area (Å²) in [5.41, 5.74) is -0.963. The van der Waals surface area contributed by atoms with Crippen LogP contribution in [0, 0.1) is 6.92 Å². The number of carbonyl (C=O) groups excluding carboxylic acids is 1. The maximum atomic E-state index is 13.0. The fraction of sp³-hybridized carbons (Fsp3) is 0.450. The molecule has 0 amide bonds. The summed E-state index contributed by atoms with van der Waals surface area (Å²) in [6, 6.07) is 4.66. The lowest BCUT2D eigenvalue weighted by Crippen LogP contribution is -2.43. The molecule has 0 saturated carbocycles. The molecule has 1 saturated heterocycles. The van der Waals surface area contributed by atoms with E-state index in [9.17, 15) is 24.6 Å². The number of Topliss-reactive ketones (excluding diaryl/α,β-unsaturated/α-hetero) is 1. The fourth-order valence-corrected chi connectivity index (χ4v) is 3.41. The average Bonchev–Trinajstić information content (AvgIpc) is 3.13. The number of hydrogen-bond donors (Lipinski definition) is 2. The summed E-state index contributed by atoms with van der Waals surface area (Å²) >= 11 is 0. The molecule has 0 unspecified atom stereocenters. The van der Waals surface area contributed by atoms with Crippen LogP contribution in [-0.2, 0) is 11.3 Å². The van der Waals surface area contributed by atoms with Gasteiger partial charge in [0.25, 0.3) is 5.56 Å². The Bertz CT molecular complexity index is 1060. The summed E-state index contributed by atoms with van der Waals surface area (Å²) in [5, 5.41) is 19.2. The Balaban J connectivity index is 1.99. The van der Waals surface area contributed by atoms with E-state index < -0.39 is 48.6 Å². The van der Waals surface area contributed by atoms with Crippen LogP contribution in [0.4, 0.5) is 0 Å². The van der Waals surface area contributed by atoms with Gasteiger partial charge >= 0.3 is 5.69 Å². The molecule has 10 heteroatoms. The van der Waals surface area contributed by atoms with Crippen molar-refractivity contribution in [2.24, 2.45) is 0 Å². The van der Waals surface area contributed by atoms with E-state index in [1.54, 1.807) is 12.1 Å². The normalized spacial score (nSPS) is 20.9. The van der Waals surface area contributed by atoms with Crippen LogP contribution in [0.15, 0.2) is 34.0 Å². The van der Waals surface area contributed by atoms with Crippen molar-refractivity contribution in [3.8, 4) is 11.5 Å². The molecule has 10 nitrogen and oxygen atoms in total. The maximum absolute atomic E-state index is 13.0. The molecule has 1 aromatic heterocycles. The zero-order valence-electron chi connectivity index (χ0n) is 16.9. The van der Waals surface area contributed by atoms with Gasteiger partial charge in [-0.1, -0.05) is 0 Å². The van der Waals surface area contributed by atoms with Crippen LogP contribution >= 0.6 is 0 Å². The number of ether oxygens (including phenoxy) is 3. The minimum Gasteiger partial charge on any atom is -0.497 e. The van der Waals surface area contributed by atoms with Gasteiger partial charge in [0.15, 0.2) is 5.78 Å². The van der Waals surface area contributed by atoms with Crippen molar-refractivity contribution in [2.45, 2.75) is 38.3 Å². The minimum atomic E-state index is -0.949. The number of ketones is 1. The third kappa shape index (κ3) is 4.02. The van der Waals surface area contributed by atoms with Gasteiger partial charge in [0.05, 0.1) is 39.0 Å². The van der Waals surface area contributed by atoms with E-state index in [0.717, 1.165) is 9.13 Å². The molecule has 2 N–H and O–H groups in total. The summed E-state index contributed by atoms with van der Waals surface area (Å²) in [4.78, 5) is 38.5. The Morgan fingerprint density at radius 1 is 1.27 bits per heavy atom. The Hall–Kier alpha value is -2.95. The van der Waals surface area contributed by atoms with Gasteiger partial charge < -0.3 is 24.4 Å². The van der Waals surface area contributed by atoms with E-state index >= 15 is 0 Å². The van der Waals surface area contributed by atoms with Crippen molar-refractivity contribution < 1.29 is 29.2 Å². The maximum Gasteiger partial charge on any atom is 0.333 e. The van der Waals surface area contributed by atoms with Crippen molar-refractivity contribution in [1.29, 1.82) is 0 Å². The Morgan fingerprint density at radius 2 is 2.00 bits per heavy atom. The molecule has 2 heterocycles. The Kier molecular flexibility index (Phi) is 6.40. The highest BCUT2D eigenvalue weighted by Gasteiger charge is 2.35. The number of hydrogen-bond acceptors (Lipinski definition) is 8. The number of aryl methyl sites for hydroxylation is 1. The van der Waals surface area contributed by atoms with Gasteiger partial charge in [-0.25, -0.2) is 4.79 Å². The number of aliphatic hydroxyl groups is 2. The lowest BCUT2D eigenvalue weighted by Gasteiger charge is -2.17. The van der Waals surface area contributed by atoms with E-state index in [-0.39, 0.29) is 23.3 Å². The molecule has 1 fully saturated rings. The van der Waals surface area contributed by atoms with Crippen LogP contribution in [0.2, 0.25) is 0 Å². The molecule has 1 aliphatic heterocycles. The summed E-state index contributed by atoms with van der Waals surface area (Å²) in [7, 11) is 2.86. The third-order valence-electron chi connectivity index (χ3n) is 5.07. The second-order valence-electron chi connectivity index (χ2n) is 7.00. The zero-order valence-corrected chi connectivity index (χ0v) is 16.9. The fourth-order valence-electron chi connectivity index (χ4n) is 3.41. The molecule has 0 aliphatic carbocycles. The molecule has 3 rings (SSSR count). The molecule has 0 bridgehead atoms. The first-order valence-electron chi connectivity index (χ1n) is 9.32. The van der Waals surface area contributed by atoms with E-state index in [0.29, 0.717) is 5.75 Å². The first kappa shape index (κ1) is 21.8. The van der Waals surface area contributed by atoms with Crippen molar-refractivity contribution in [1.82, 2.24) is 9.13 Å². The van der Waals surface area contributed by atoms with Gasteiger partial charge in [0.2, 0.25) is 0 Å². The molecule has 0 radical (unpaired) electrons. The van der Waals surface area contributed by atoms with Crippen LogP contribution in [0.1, 0.15) is 28.6 Å². The number of aliphatic hydroxyl groups excluding tert-OH is 2. The van der Waals surface area contributed by atoms with Crippen molar-refractivity contribution in [3.63, 3.8) is 0 Å². The van der Waals surface area contributed by atoms with Gasteiger partial charge in [0, 0.05) is 18.2 Å². The summed E-state index contributed by atoms with van der Waals surface area (Å²) < 4.78 is 17.8. The molecular formula is C20H24N2O8. The van der Waals surface area contributed by atoms with Gasteiger partial charge in [-0.3, -0.25) is 18.7 Å². The highest BCUT2D eigenvalue weighted by atomic mass is 16.5. The van der Waals surface area contributed by atoms with Gasteiger partial charge in [-0.05, 0) is 25.1 Å². The molecule has 1 aromatic carbocycles. The second kappa shape index (κ2) is 8.82. The molecule has 2 aromatic rings. The standard InChI is InChI=1S/C20H24N2O8/c1-11-8-21(18-7-14(24)17(10-23)30-18)20(27)22(19(11)26)9-15(25)13-6-12(28-2)4-5-16(13)29-3/h4-6,8,14,17-18,23-24H,7,9-10H2,1-3H3/t14-,17+,18+/m0/s1. The van der Waals surface area contributed by atoms with Crippen LogP contribution in [0.25, 0.3) is 0 Å². The van der Waals surface area contributed by atoms with Crippen LogP contribution < -0.4 is 20.7 Å². The molecule has 1 aliphatic rings. The summed E-state index contributed by atoms with van der Waals surface area (Å²) in [5.74, 6) is 0.203. The van der Waals surface area contributed by atoms with E-state index in [1.165, 1.54) is 33.4 Å². The molecule has 3 atom stereocenters. The number of methoxy groups -OCH3 is 2. The van der Waals surface area contributed by atoms with E-state index in [4.69, 9.17) is 14.2 Å². The number of nitrogens with zero attached hydrogens (tertiary/aromatic N) is 2. The van der Waals surface area contributed by atoms with Crippen molar-refractivity contribution in [2.75, 3.05) is 20.8 Å². The average molecular weight is 420 g/mol. The monoisotopic (exact) mass is 420 g/mol. The van der Waals surface area contributed by atoms with E-state index in [1.807, 2.05) is 0 Å². The molecule has 0 spiro atoms. The predicted molar refractivity (Wildman–Crippen MR) is 105 cm³/mol. The third-order valence-corrected chi connectivity index (χ3v) is 5.07. The van der Waals surface area contributed by atoms with Gasteiger partial charge in [-0.15, -0.1) is 0 Å². The number of carbonyl (C=O) groups is 1. The number of benzene rings is 1. The van der Waals surface area contributed by atoms with E-state index in [2.05, 4.69) is 0 Å². The highest BCUT2D eigenvalue weighted by Crippen LogP contribution is 2.27. The lowest BCUT2D eigenvalue weighted by molar-refractivity contribution is -0.0463. The Morgan fingerprint density at radius 3 is 2.60 bits per heavy atom. The molecular weight excluding hydrogens is 396 g/mol. The summed E-state index contributed by atoms with van der Waals surface area (Å²) in [6.07, 6.45) is -1.24. The highest BCUT2D eigenvalue weighted by molar-refractivity contribution is 5.98.